The summed E-state index contributed by atoms with van der Waals surface area (Å²) in [6, 6.07) is 4.44. The summed E-state index contributed by atoms with van der Waals surface area (Å²) < 4.78 is 5.66. The number of benzene rings is 1. The number of rotatable bonds is 3. The molecule has 1 aliphatic rings. The first-order valence-electron chi connectivity index (χ1n) is 7.61. The van der Waals surface area contributed by atoms with E-state index in [1.165, 1.54) is 5.56 Å². The third kappa shape index (κ3) is 2.95. The van der Waals surface area contributed by atoms with Gasteiger partial charge in [-0.05, 0) is 50.9 Å². The van der Waals surface area contributed by atoms with Crippen molar-refractivity contribution in [2.45, 2.75) is 39.2 Å². The minimum Gasteiger partial charge on any atom is -0.464 e. The van der Waals surface area contributed by atoms with Crippen molar-refractivity contribution in [1.82, 2.24) is 10.6 Å². The van der Waals surface area contributed by atoms with Crippen LogP contribution in [0.3, 0.4) is 0 Å². The van der Waals surface area contributed by atoms with E-state index in [2.05, 4.69) is 30.5 Å². The van der Waals surface area contributed by atoms with Gasteiger partial charge in [-0.2, -0.15) is 0 Å². The van der Waals surface area contributed by atoms with Gasteiger partial charge < -0.3 is 15.1 Å². The number of carbonyl (C=O) groups excluding carboxylic acids is 1. The standard InChI is InChI=1S/C17H22N2O2/c1-11-3-4-15-13(10-21-17(15)12(11)2)9-16(20)19-14-5-7-18-8-6-14/h3-4,10,14,18H,5-9H2,1-2H3,(H,19,20). The van der Waals surface area contributed by atoms with Crippen LogP contribution in [0.1, 0.15) is 29.5 Å². The maximum Gasteiger partial charge on any atom is 0.224 e. The van der Waals surface area contributed by atoms with Crippen molar-refractivity contribution in [2.75, 3.05) is 13.1 Å². The van der Waals surface area contributed by atoms with Crippen LogP contribution < -0.4 is 10.6 Å². The van der Waals surface area contributed by atoms with Crippen LogP contribution in [0.5, 0.6) is 0 Å². The average Bonchev–Trinajstić information content (AvgIpc) is 2.87. The van der Waals surface area contributed by atoms with Crippen LogP contribution in [-0.4, -0.2) is 25.0 Å². The summed E-state index contributed by atoms with van der Waals surface area (Å²) in [6.45, 7) is 6.09. The Morgan fingerprint density at radius 1 is 1.33 bits per heavy atom. The number of amides is 1. The Morgan fingerprint density at radius 2 is 2.10 bits per heavy atom. The predicted octanol–water partition coefficient (Wildman–Crippen LogP) is 2.46. The van der Waals surface area contributed by atoms with Crippen LogP contribution in [0.15, 0.2) is 22.8 Å². The van der Waals surface area contributed by atoms with Crippen molar-refractivity contribution in [1.29, 1.82) is 0 Å². The lowest BCUT2D eigenvalue weighted by atomic mass is 10.0. The summed E-state index contributed by atoms with van der Waals surface area (Å²) in [4.78, 5) is 12.2. The van der Waals surface area contributed by atoms with Crippen molar-refractivity contribution < 1.29 is 9.21 Å². The third-order valence-corrected chi connectivity index (χ3v) is 4.40. The minimum absolute atomic E-state index is 0.0860. The van der Waals surface area contributed by atoms with Gasteiger partial charge in [0.2, 0.25) is 5.91 Å². The molecular weight excluding hydrogens is 264 g/mol. The second-order valence-electron chi connectivity index (χ2n) is 5.91. The molecule has 1 aromatic heterocycles. The highest BCUT2D eigenvalue weighted by Crippen LogP contribution is 2.26. The summed E-state index contributed by atoms with van der Waals surface area (Å²) in [6.07, 6.45) is 4.13. The number of hydrogen-bond donors (Lipinski definition) is 2. The lowest BCUT2D eigenvalue weighted by molar-refractivity contribution is -0.121. The maximum atomic E-state index is 12.2. The van der Waals surface area contributed by atoms with Crippen LogP contribution in [0.2, 0.25) is 0 Å². The smallest absolute Gasteiger partial charge is 0.224 e. The van der Waals surface area contributed by atoms with Gasteiger partial charge in [0.15, 0.2) is 0 Å². The van der Waals surface area contributed by atoms with Gasteiger partial charge in [0.25, 0.3) is 0 Å². The molecule has 1 saturated heterocycles. The molecule has 0 bridgehead atoms. The van der Waals surface area contributed by atoms with Crippen molar-refractivity contribution >= 4 is 16.9 Å². The molecule has 1 fully saturated rings. The zero-order chi connectivity index (χ0) is 14.8. The zero-order valence-corrected chi connectivity index (χ0v) is 12.7. The minimum atomic E-state index is 0.0860. The number of piperidine rings is 1. The fraction of sp³-hybridized carbons (Fsp3) is 0.471. The number of aryl methyl sites for hydroxylation is 2. The molecule has 2 heterocycles. The van der Waals surface area contributed by atoms with E-state index in [-0.39, 0.29) is 5.91 Å². The van der Waals surface area contributed by atoms with Gasteiger partial charge in [0, 0.05) is 17.0 Å². The molecule has 4 heteroatoms. The van der Waals surface area contributed by atoms with Gasteiger partial charge in [-0.3, -0.25) is 4.79 Å². The van der Waals surface area contributed by atoms with Gasteiger partial charge in [-0.25, -0.2) is 0 Å². The Balaban J connectivity index is 1.72. The fourth-order valence-electron chi connectivity index (χ4n) is 2.94. The molecule has 1 amide bonds. The number of carbonyl (C=O) groups is 1. The summed E-state index contributed by atoms with van der Waals surface area (Å²) in [5, 5.41) is 7.48. The molecule has 0 aliphatic carbocycles. The monoisotopic (exact) mass is 286 g/mol. The summed E-state index contributed by atoms with van der Waals surface area (Å²) in [5.41, 5.74) is 4.24. The Labute approximate surface area is 124 Å². The Hall–Kier alpha value is -1.81. The first-order chi connectivity index (χ1) is 10.1. The molecule has 2 N–H and O–H groups in total. The molecule has 1 aliphatic heterocycles. The molecule has 1 aromatic carbocycles. The first-order valence-corrected chi connectivity index (χ1v) is 7.61. The van der Waals surface area contributed by atoms with Gasteiger partial charge in [0.1, 0.15) is 5.58 Å². The zero-order valence-electron chi connectivity index (χ0n) is 12.7. The Kier molecular flexibility index (Phi) is 3.97. The lowest BCUT2D eigenvalue weighted by Crippen LogP contribution is -2.43. The highest BCUT2D eigenvalue weighted by atomic mass is 16.3. The van der Waals surface area contributed by atoms with Gasteiger partial charge >= 0.3 is 0 Å². The first kappa shape index (κ1) is 14.1. The Morgan fingerprint density at radius 3 is 2.86 bits per heavy atom. The van der Waals surface area contributed by atoms with Gasteiger partial charge in [-0.1, -0.05) is 12.1 Å². The average molecular weight is 286 g/mol. The largest absolute Gasteiger partial charge is 0.464 e. The lowest BCUT2D eigenvalue weighted by Gasteiger charge is -2.23. The highest BCUT2D eigenvalue weighted by molar-refractivity contribution is 5.89. The van der Waals surface area contributed by atoms with Crippen LogP contribution >= 0.6 is 0 Å². The quantitative estimate of drug-likeness (QED) is 0.911. The molecular formula is C17H22N2O2. The van der Waals surface area contributed by atoms with Crippen molar-refractivity contribution in [3.63, 3.8) is 0 Å². The summed E-state index contributed by atoms with van der Waals surface area (Å²) in [5.74, 6) is 0.0860. The van der Waals surface area contributed by atoms with Crippen LogP contribution in [0, 0.1) is 13.8 Å². The summed E-state index contributed by atoms with van der Waals surface area (Å²) in [7, 11) is 0. The molecule has 21 heavy (non-hydrogen) atoms. The molecule has 0 spiro atoms. The van der Waals surface area contributed by atoms with Gasteiger partial charge in [0.05, 0.1) is 12.7 Å². The van der Waals surface area contributed by atoms with E-state index in [0.717, 1.165) is 48.0 Å². The van der Waals surface area contributed by atoms with E-state index >= 15 is 0 Å². The molecule has 0 unspecified atom stereocenters. The van der Waals surface area contributed by atoms with E-state index in [9.17, 15) is 4.79 Å². The molecule has 3 rings (SSSR count). The second kappa shape index (κ2) is 5.90. The van der Waals surface area contributed by atoms with Crippen LogP contribution in [0.25, 0.3) is 11.0 Å². The maximum absolute atomic E-state index is 12.2. The molecule has 4 nitrogen and oxygen atoms in total. The fourth-order valence-corrected chi connectivity index (χ4v) is 2.94. The van der Waals surface area contributed by atoms with E-state index in [4.69, 9.17) is 4.42 Å². The molecule has 0 radical (unpaired) electrons. The van der Waals surface area contributed by atoms with Gasteiger partial charge in [-0.15, -0.1) is 0 Å². The van der Waals surface area contributed by atoms with E-state index < -0.39 is 0 Å². The van der Waals surface area contributed by atoms with E-state index in [1.54, 1.807) is 6.26 Å². The highest BCUT2D eigenvalue weighted by Gasteiger charge is 2.17. The second-order valence-corrected chi connectivity index (χ2v) is 5.91. The number of fused-ring (bicyclic) bond motifs is 1. The Bertz CT molecular complexity index is 654. The molecule has 112 valence electrons. The van der Waals surface area contributed by atoms with Crippen LogP contribution in [0.4, 0.5) is 0 Å². The van der Waals surface area contributed by atoms with Crippen LogP contribution in [-0.2, 0) is 11.2 Å². The third-order valence-electron chi connectivity index (χ3n) is 4.40. The SMILES string of the molecule is Cc1ccc2c(CC(=O)NC3CCNCC3)coc2c1C. The van der Waals surface area contributed by atoms with E-state index in [1.807, 2.05) is 6.07 Å². The normalized spacial score (nSPS) is 16.3. The van der Waals surface area contributed by atoms with Crippen molar-refractivity contribution in [3.8, 4) is 0 Å². The van der Waals surface area contributed by atoms with E-state index in [0.29, 0.717) is 12.5 Å². The number of hydrogen-bond acceptors (Lipinski definition) is 3. The molecule has 0 saturated carbocycles. The molecule has 0 atom stereocenters. The van der Waals surface area contributed by atoms with Crippen molar-refractivity contribution in [2.24, 2.45) is 0 Å². The molecule has 2 aromatic rings. The predicted molar refractivity (Wildman–Crippen MR) is 83.4 cm³/mol. The van der Waals surface area contributed by atoms with Crippen molar-refractivity contribution in [3.05, 3.63) is 35.1 Å². The topological polar surface area (TPSA) is 54.3 Å². The summed E-state index contributed by atoms with van der Waals surface area (Å²) >= 11 is 0. The number of furan rings is 1. The number of nitrogens with one attached hydrogen (secondary N) is 2.